The molecule has 2 amide bonds. The molecule has 1 N–H and O–H groups in total. The fraction of sp³-hybridized carbons (Fsp3) is 0.556. The van der Waals surface area contributed by atoms with Crippen molar-refractivity contribution in [2.45, 2.75) is 51.9 Å². The highest BCUT2D eigenvalue weighted by Gasteiger charge is 2.43. The molecule has 0 unspecified atom stereocenters. The lowest BCUT2D eigenvalue weighted by Crippen LogP contribution is -2.58. The van der Waals surface area contributed by atoms with E-state index in [9.17, 15) is 9.59 Å². The predicted molar refractivity (Wildman–Crippen MR) is 88.8 cm³/mol. The van der Waals surface area contributed by atoms with E-state index in [4.69, 9.17) is 0 Å². The number of carbonyl (C=O) groups excluding carboxylic acids is 2. The zero-order valence-electron chi connectivity index (χ0n) is 14.1. The molecule has 0 bridgehead atoms. The summed E-state index contributed by atoms with van der Waals surface area (Å²) in [6, 6.07) is 8.64. The molecule has 0 spiro atoms. The molecule has 23 heavy (non-hydrogen) atoms. The molecule has 0 aliphatic carbocycles. The SMILES string of the molecule is CC(=O)N[C@H]1C[C@H]2CN(Cc3cccc(C)c3)[C@@H](C)C(=O)N2C1. The smallest absolute Gasteiger partial charge is 0.240 e. The maximum absolute atomic E-state index is 12.7. The van der Waals surface area contributed by atoms with E-state index in [0.29, 0.717) is 6.54 Å². The van der Waals surface area contributed by atoms with E-state index in [1.165, 1.54) is 18.1 Å². The molecule has 0 saturated carbocycles. The summed E-state index contributed by atoms with van der Waals surface area (Å²) in [5, 5.41) is 2.95. The highest BCUT2D eigenvalue weighted by Crippen LogP contribution is 2.27. The normalized spacial score (nSPS) is 27.9. The van der Waals surface area contributed by atoms with Crippen LogP contribution in [0.15, 0.2) is 24.3 Å². The van der Waals surface area contributed by atoms with Crippen LogP contribution in [0.1, 0.15) is 31.4 Å². The Morgan fingerprint density at radius 2 is 2.13 bits per heavy atom. The summed E-state index contributed by atoms with van der Waals surface area (Å²) in [7, 11) is 0. The van der Waals surface area contributed by atoms with Crippen molar-refractivity contribution in [3.63, 3.8) is 0 Å². The number of amides is 2. The fourth-order valence-electron chi connectivity index (χ4n) is 3.82. The van der Waals surface area contributed by atoms with Crippen molar-refractivity contribution in [2.24, 2.45) is 0 Å². The van der Waals surface area contributed by atoms with Crippen LogP contribution in [0.25, 0.3) is 0 Å². The first-order valence-corrected chi connectivity index (χ1v) is 8.31. The third-order valence-corrected chi connectivity index (χ3v) is 4.92. The lowest BCUT2D eigenvalue weighted by atomic mass is 10.0. The number of hydrogen-bond acceptors (Lipinski definition) is 3. The molecular formula is C18H25N3O2. The van der Waals surface area contributed by atoms with Gasteiger partial charge in [-0.05, 0) is 25.8 Å². The second-order valence-electron chi connectivity index (χ2n) is 6.87. The molecule has 0 aromatic heterocycles. The number of aryl methyl sites for hydroxylation is 1. The van der Waals surface area contributed by atoms with E-state index in [0.717, 1.165) is 19.5 Å². The summed E-state index contributed by atoms with van der Waals surface area (Å²) >= 11 is 0. The third-order valence-electron chi connectivity index (χ3n) is 4.92. The third kappa shape index (κ3) is 3.39. The second-order valence-corrected chi connectivity index (χ2v) is 6.87. The highest BCUT2D eigenvalue weighted by atomic mass is 16.2. The molecule has 5 nitrogen and oxygen atoms in total. The highest BCUT2D eigenvalue weighted by molar-refractivity contribution is 5.83. The Hall–Kier alpha value is -1.88. The molecule has 2 saturated heterocycles. The Morgan fingerprint density at radius 1 is 1.35 bits per heavy atom. The summed E-state index contributed by atoms with van der Waals surface area (Å²) < 4.78 is 0. The molecule has 2 aliphatic rings. The Labute approximate surface area is 137 Å². The van der Waals surface area contributed by atoms with Crippen LogP contribution in [-0.2, 0) is 16.1 Å². The Balaban J connectivity index is 1.70. The zero-order chi connectivity index (χ0) is 16.6. The number of piperazine rings is 1. The minimum absolute atomic E-state index is 0.0213. The molecule has 2 heterocycles. The molecule has 2 aliphatic heterocycles. The van der Waals surface area contributed by atoms with Gasteiger partial charge in [0.1, 0.15) is 0 Å². The number of benzene rings is 1. The van der Waals surface area contributed by atoms with Crippen LogP contribution in [0.3, 0.4) is 0 Å². The van der Waals surface area contributed by atoms with Gasteiger partial charge in [-0.2, -0.15) is 0 Å². The van der Waals surface area contributed by atoms with Crippen molar-refractivity contribution in [1.82, 2.24) is 15.1 Å². The first kappa shape index (κ1) is 16.0. The molecule has 2 fully saturated rings. The largest absolute Gasteiger partial charge is 0.352 e. The number of fused-ring (bicyclic) bond motifs is 1. The van der Waals surface area contributed by atoms with Gasteiger partial charge in [-0.3, -0.25) is 14.5 Å². The van der Waals surface area contributed by atoms with Crippen molar-refractivity contribution in [3.05, 3.63) is 35.4 Å². The van der Waals surface area contributed by atoms with Crippen LogP contribution < -0.4 is 5.32 Å². The second kappa shape index (κ2) is 6.32. The van der Waals surface area contributed by atoms with Crippen LogP contribution in [0.4, 0.5) is 0 Å². The fourth-order valence-corrected chi connectivity index (χ4v) is 3.82. The zero-order valence-corrected chi connectivity index (χ0v) is 14.1. The van der Waals surface area contributed by atoms with E-state index in [2.05, 4.69) is 41.4 Å². The Morgan fingerprint density at radius 3 is 2.83 bits per heavy atom. The summed E-state index contributed by atoms with van der Waals surface area (Å²) in [4.78, 5) is 28.2. The molecular weight excluding hydrogens is 290 g/mol. The van der Waals surface area contributed by atoms with E-state index >= 15 is 0 Å². The maximum Gasteiger partial charge on any atom is 0.240 e. The maximum atomic E-state index is 12.7. The first-order valence-electron chi connectivity index (χ1n) is 8.31. The minimum Gasteiger partial charge on any atom is -0.352 e. The van der Waals surface area contributed by atoms with Gasteiger partial charge in [0, 0.05) is 38.6 Å². The lowest BCUT2D eigenvalue weighted by molar-refractivity contribution is -0.143. The van der Waals surface area contributed by atoms with Gasteiger partial charge >= 0.3 is 0 Å². The van der Waals surface area contributed by atoms with Gasteiger partial charge in [0.15, 0.2) is 0 Å². The Bertz CT molecular complexity index is 616. The molecule has 1 aromatic carbocycles. The average Bonchev–Trinajstić information content (AvgIpc) is 2.86. The summed E-state index contributed by atoms with van der Waals surface area (Å²) in [6.45, 7) is 7.92. The van der Waals surface area contributed by atoms with E-state index in [1.807, 2.05) is 11.8 Å². The summed E-state index contributed by atoms with van der Waals surface area (Å²) in [5.74, 6) is 0.161. The van der Waals surface area contributed by atoms with Crippen molar-refractivity contribution < 1.29 is 9.59 Å². The van der Waals surface area contributed by atoms with Gasteiger partial charge in [0.05, 0.1) is 6.04 Å². The van der Waals surface area contributed by atoms with Gasteiger partial charge < -0.3 is 10.2 Å². The van der Waals surface area contributed by atoms with Crippen LogP contribution in [-0.4, -0.2) is 52.8 Å². The van der Waals surface area contributed by atoms with Gasteiger partial charge in [-0.25, -0.2) is 0 Å². The Kier molecular flexibility index (Phi) is 4.39. The standard InChI is InChI=1S/C18H25N3O2/c1-12-5-4-6-15(7-12)9-20-11-17-8-16(19-14(3)22)10-21(17)18(23)13(20)2/h4-7,13,16-17H,8-11H2,1-3H3,(H,19,22)/t13-,16-,17-/m0/s1. The minimum atomic E-state index is -0.108. The van der Waals surface area contributed by atoms with Crippen molar-refractivity contribution in [3.8, 4) is 0 Å². The number of nitrogens with one attached hydrogen (secondary N) is 1. The van der Waals surface area contributed by atoms with Gasteiger partial charge in [0.25, 0.3) is 0 Å². The molecule has 0 radical (unpaired) electrons. The number of nitrogens with zero attached hydrogens (tertiary/aromatic N) is 2. The summed E-state index contributed by atoms with van der Waals surface area (Å²) in [6.07, 6.45) is 0.850. The molecule has 3 atom stereocenters. The monoisotopic (exact) mass is 315 g/mol. The average molecular weight is 315 g/mol. The van der Waals surface area contributed by atoms with Gasteiger partial charge in [-0.15, -0.1) is 0 Å². The van der Waals surface area contributed by atoms with Crippen LogP contribution in [0.2, 0.25) is 0 Å². The number of rotatable bonds is 3. The van der Waals surface area contributed by atoms with E-state index < -0.39 is 0 Å². The predicted octanol–water partition coefficient (Wildman–Crippen LogP) is 1.30. The van der Waals surface area contributed by atoms with Crippen molar-refractivity contribution in [1.29, 1.82) is 0 Å². The van der Waals surface area contributed by atoms with Crippen molar-refractivity contribution in [2.75, 3.05) is 13.1 Å². The molecule has 1 aromatic rings. The molecule has 3 rings (SSSR count). The quantitative estimate of drug-likeness (QED) is 0.915. The van der Waals surface area contributed by atoms with E-state index in [1.54, 1.807) is 0 Å². The van der Waals surface area contributed by atoms with Crippen LogP contribution >= 0.6 is 0 Å². The van der Waals surface area contributed by atoms with Gasteiger partial charge in [0.2, 0.25) is 11.8 Å². The number of carbonyl (C=O) groups is 2. The first-order chi connectivity index (χ1) is 10.9. The van der Waals surface area contributed by atoms with Gasteiger partial charge in [-0.1, -0.05) is 29.8 Å². The van der Waals surface area contributed by atoms with Crippen LogP contribution in [0.5, 0.6) is 0 Å². The van der Waals surface area contributed by atoms with Crippen LogP contribution in [0, 0.1) is 6.92 Å². The van der Waals surface area contributed by atoms with Crippen molar-refractivity contribution >= 4 is 11.8 Å². The molecule has 124 valence electrons. The number of hydrogen-bond donors (Lipinski definition) is 1. The summed E-state index contributed by atoms with van der Waals surface area (Å²) in [5.41, 5.74) is 2.49. The topological polar surface area (TPSA) is 52.7 Å². The lowest BCUT2D eigenvalue weighted by Gasteiger charge is -2.41. The van der Waals surface area contributed by atoms with E-state index in [-0.39, 0.29) is 29.9 Å². The molecule has 5 heteroatoms.